The van der Waals surface area contributed by atoms with Crippen molar-refractivity contribution >= 4 is 33.2 Å². The predicted octanol–water partition coefficient (Wildman–Crippen LogP) is 2.82. The molecule has 1 rings (SSSR count). The molecule has 1 aromatic rings. The van der Waals surface area contributed by atoms with Gasteiger partial charge in [0.25, 0.3) is 0 Å². The summed E-state index contributed by atoms with van der Waals surface area (Å²) in [5, 5.41) is 10.6. The van der Waals surface area contributed by atoms with E-state index in [2.05, 4.69) is 4.72 Å². The van der Waals surface area contributed by atoms with Gasteiger partial charge in [0.2, 0.25) is 10.0 Å². The molecule has 4 nitrogen and oxygen atoms in total. The van der Waals surface area contributed by atoms with Gasteiger partial charge in [0, 0.05) is 16.6 Å². The van der Waals surface area contributed by atoms with Crippen molar-refractivity contribution in [2.45, 2.75) is 32.6 Å². The number of benzene rings is 1. The standard InChI is InChI=1S/C13H19Cl2NO3S/c1-13(2,3)12(17)7-16-20(18,19)8-9-4-10(14)6-11(15)5-9/h4-6,12,16-17H,7-8H2,1-3H3. The predicted molar refractivity (Wildman–Crippen MR) is 82.6 cm³/mol. The van der Waals surface area contributed by atoms with Crippen LogP contribution in [0.2, 0.25) is 10.0 Å². The van der Waals surface area contributed by atoms with E-state index in [0.717, 1.165) is 0 Å². The summed E-state index contributed by atoms with van der Waals surface area (Å²) < 4.78 is 26.3. The van der Waals surface area contributed by atoms with Crippen LogP contribution in [0.3, 0.4) is 0 Å². The molecule has 0 saturated heterocycles. The van der Waals surface area contributed by atoms with Crippen LogP contribution in [-0.2, 0) is 15.8 Å². The highest BCUT2D eigenvalue weighted by Gasteiger charge is 2.24. The molecule has 0 bridgehead atoms. The van der Waals surface area contributed by atoms with Gasteiger partial charge in [-0.25, -0.2) is 13.1 Å². The van der Waals surface area contributed by atoms with Crippen molar-refractivity contribution in [3.8, 4) is 0 Å². The molecule has 0 aromatic heterocycles. The van der Waals surface area contributed by atoms with Gasteiger partial charge >= 0.3 is 0 Å². The second-order valence-corrected chi connectivity index (χ2v) is 8.45. The molecular formula is C13H19Cl2NO3S. The molecule has 0 amide bonds. The van der Waals surface area contributed by atoms with E-state index in [1.807, 2.05) is 20.8 Å². The number of aliphatic hydroxyl groups excluding tert-OH is 1. The largest absolute Gasteiger partial charge is 0.391 e. The van der Waals surface area contributed by atoms with Crippen LogP contribution >= 0.6 is 23.2 Å². The van der Waals surface area contributed by atoms with Crippen molar-refractivity contribution < 1.29 is 13.5 Å². The van der Waals surface area contributed by atoms with E-state index in [1.54, 1.807) is 12.1 Å². The highest BCUT2D eigenvalue weighted by atomic mass is 35.5. The minimum absolute atomic E-state index is 0.0276. The zero-order valence-electron chi connectivity index (χ0n) is 11.7. The molecule has 0 saturated carbocycles. The van der Waals surface area contributed by atoms with Crippen LogP contribution in [0.25, 0.3) is 0 Å². The van der Waals surface area contributed by atoms with Crippen LogP contribution in [-0.4, -0.2) is 26.2 Å². The molecule has 0 aliphatic carbocycles. The number of hydrogen-bond donors (Lipinski definition) is 2. The number of aliphatic hydroxyl groups is 1. The van der Waals surface area contributed by atoms with Crippen molar-refractivity contribution in [2.75, 3.05) is 6.54 Å². The Labute approximate surface area is 130 Å². The minimum atomic E-state index is -3.55. The average Bonchev–Trinajstić information content (AvgIpc) is 2.22. The average molecular weight is 340 g/mol. The summed E-state index contributed by atoms with van der Waals surface area (Å²) in [7, 11) is -3.55. The first-order valence-corrected chi connectivity index (χ1v) is 8.51. The Balaban J connectivity index is 2.71. The molecule has 0 spiro atoms. The van der Waals surface area contributed by atoms with Crippen molar-refractivity contribution in [3.05, 3.63) is 33.8 Å². The summed E-state index contributed by atoms with van der Waals surface area (Å²) >= 11 is 11.7. The number of sulfonamides is 1. The third kappa shape index (κ3) is 5.97. The van der Waals surface area contributed by atoms with E-state index in [1.165, 1.54) is 6.07 Å². The topological polar surface area (TPSA) is 66.4 Å². The monoisotopic (exact) mass is 339 g/mol. The lowest BCUT2D eigenvalue weighted by Crippen LogP contribution is -2.39. The van der Waals surface area contributed by atoms with Crippen LogP contribution in [0.5, 0.6) is 0 Å². The summed E-state index contributed by atoms with van der Waals surface area (Å²) in [6, 6.07) is 4.63. The van der Waals surface area contributed by atoms with Crippen molar-refractivity contribution in [2.24, 2.45) is 5.41 Å². The summed E-state index contributed by atoms with van der Waals surface area (Å²) in [4.78, 5) is 0. The molecule has 0 fully saturated rings. The van der Waals surface area contributed by atoms with Gasteiger partial charge in [-0.1, -0.05) is 44.0 Å². The Kier molecular flexibility index (Phi) is 5.87. The molecule has 0 radical (unpaired) electrons. The van der Waals surface area contributed by atoms with Crippen LogP contribution in [0.4, 0.5) is 0 Å². The Morgan fingerprint density at radius 3 is 2.15 bits per heavy atom. The third-order valence-corrected chi connectivity index (χ3v) is 4.53. The molecule has 7 heteroatoms. The third-order valence-electron chi connectivity index (χ3n) is 2.78. The first-order valence-electron chi connectivity index (χ1n) is 6.10. The quantitative estimate of drug-likeness (QED) is 0.866. The molecule has 20 heavy (non-hydrogen) atoms. The molecule has 0 aliphatic rings. The Morgan fingerprint density at radius 1 is 1.20 bits per heavy atom. The number of halogens is 2. The highest BCUT2D eigenvalue weighted by molar-refractivity contribution is 7.88. The van der Waals surface area contributed by atoms with Crippen molar-refractivity contribution in [1.29, 1.82) is 0 Å². The Bertz CT molecular complexity index is 547. The maximum absolute atomic E-state index is 11.9. The van der Waals surface area contributed by atoms with Crippen LogP contribution in [0.1, 0.15) is 26.3 Å². The lowest BCUT2D eigenvalue weighted by atomic mass is 9.89. The number of hydrogen-bond acceptors (Lipinski definition) is 3. The minimum Gasteiger partial charge on any atom is -0.391 e. The van der Waals surface area contributed by atoms with E-state index in [-0.39, 0.29) is 17.7 Å². The van der Waals surface area contributed by atoms with Crippen LogP contribution in [0.15, 0.2) is 18.2 Å². The molecular weight excluding hydrogens is 321 g/mol. The van der Waals surface area contributed by atoms with Gasteiger partial charge < -0.3 is 5.11 Å². The van der Waals surface area contributed by atoms with Gasteiger partial charge in [0.15, 0.2) is 0 Å². The van der Waals surface area contributed by atoms with Gasteiger partial charge in [-0.05, 0) is 29.2 Å². The summed E-state index contributed by atoms with van der Waals surface area (Å²) in [6.45, 7) is 5.48. The molecule has 1 atom stereocenters. The Hall–Kier alpha value is -0.330. The molecule has 1 unspecified atom stereocenters. The Morgan fingerprint density at radius 2 is 1.70 bits per heavy atom. The van der Waals surface area contributed by atoms with Crippen LogP contribution in [0, 0.1) is 5.41 Å². The van der Waals surface area contributed by atoms with Crippen LogP contribution < -0.4 is 4.72 Å². The van der Waals surface area contributed by atoms with Gasteiger partial charge in [-0.15, -0.1) is 0 Å². The fourth-order valence-electron chi connectivity index (χ4n) is 1.48. The fraction of sp³-hybridized carbons (Fsp3) is 0.538. The second kappa shape index (κ2) is 6.62. The van der Waals surface area contributed by atoms with E-state index in [0.29, 0.717) is 15.6 Å². The number of rotatable bonds is 5. The first kappa shape index (κ1) is 17.7. The lowest BCUT2D eigenvalue weighted by Gasteiger charge is -2.25. The van der Waals surface area contributed by atoms with E-state index in [4.69, 9.17) is 23.2 Å². The highest BCUT2D eigenvalue weighted by Crippen LogP contribution is 2.21. The molecule has 0 heterocycles. The van der Waals surface area contributed by atoms with Gasteiger partial charge in [-0.2, -0.15) is 0 Å². The maximum atomic E-state index is 11.9. The van der Waals surface area contributed by atoms with Gasteiger partial charge in [0.05, 0.1) is 11.9 Å². The summed E-state index contributed by atoms with van der Waals surface area (Å²) in [6.07, 6.45) is -0.764. The van der Waals surface area contributed by atoms with Gasteiger partial charge in [0.1, 0.15) is 0 Å². The van der Waals surface area contributed by atoms with E-state index < -0.39 is 16.1 Å². The number of nitrogens with one attached hydrogen (secondary N) is 1. The van der Waals surface area contributed by atoms with Crippen molar-refractivity contribution in [1.82, 2.24) is 4.72 Å². The zero-order chi connectivity index (χ0) is 15.6. The van der Waals surface area contributed by atoms with Gasteiger partial charge in [-0.3, -0.25) is 0 Å². The second-order valence-electron chi connectivity index (χ2n) is 5.77. The first-order chi connectivity index (χ1) is 8.99. The molecule has 114 valence electrons. The lowest BCUT2D eigenvalue weighted by molar-refractivity contribution is 0.0677. The summed E-state index contributed by atoms with van der Waals surface area (Å²) in [5.41, 5.74) is 0.113. The molecule has 0 aliphatic heterocycles. The summed E-state index contributed by atoms with van der Waals surface area (Å²) in [5.74, 6) is -0.232. The molecule has 1 aromatic carbocycles. The molecule has 2 N–H and O–H groups in total. The van der Waals surface area contributed by atoms with E-state index in [9.17, 15) is 13.5 Å². The maximum Gasteiger partial charge on any atom is 0.215 e. The fourth-order valence-corrected chi connectivity index (χ4v) is 3.17. The smallest absolute Gasteiger partial charge is 0.215 e. The zero-order valence-corrected chi connectivity index (χ0v) is 14.0. The van der Waals surface area contributed by atoms with E-state index >= 15 is 0 Å². The SMILES string of the molecule is CC(C)(C)C(O)CNS(=O)(=O)Cc1cc(Cl)cc(Cl)c1. The normalized spacial score (nSPS) is 14.3. The van der Waals surface area contributed by atoms with Crippen molar-refractivity contribution in [3.63, 3.8) is 0 Å².